The Morgan fingerprint density at radius 2 is 1.55 bits per heavy atom. The Morgan fingerprint density at radius 3 is 2.13 bits per heavy atom. The summed E-state index contributed by atoms with van der Waals surface area (Å²) in [5, 5.41) is 5.60. The third-order valence-electron chi connectivity index (χ3n) is 4.40. The molecule has 2 amide bonds. The minimum Gasteiger partial charge on any atom is -0.494 e. The van der Waals surface area contributed by atoms with Gasteiger partial charge < -0.3 is 15.4 Å². The molecule has 2 rings (SSSR count). The lowest BCUT2D eigenvalue weighted by atomic mass is 9.92. The lowest BCUT2D eigenvalue weighted by Crippen LogP contribution is -2.22. The Bertz CT molecular complexity index is 843. The first kappa shape index (κ1) is 24.8. The van der Waals surface area contributed by atoms with Crippen LogP contribution in [0.25, 0.3) is 0 Å². The summed E-state index contributed by atoms with van der Waals surface area (Å²) in [6, 6.07) is 15.0. The number of anilines is 2. The van der Waals surface area contributed by atoms with Crippen molar-refractivity contribution in [3.05, 3.63) is 48.5 Å². The molecule has 2 aromatic carbocycles. The zero-order valence-electron chi connectivity index (χ0n) is 19.2. The minimum atomic E-state index is -0.262. The number of amides is 2. The van der Waals surface area contributed by atoms with Crippen molar-refractivity contribution < 1.29 is 14.3 Å². The Balaban J connectivity index is 1.83. The van der Waals surface area contributed by atoms with Crippen LogP contribution in [0.4, 0.5) is 11.4 Å². The molecule has 0 aliphatic carbocycles. The molecule has 0 spiro atoms. The fourth-order valence-corrected chi connectivity index (χ4v) is 3.64. The SMILES string of the molecule is CCCCOc1ccc(NC(=O)C(C)Sc2ccc(NC(=O)CC(C)(C)C)cc2)cc1. The molecule has 0 saturated carbocycles. The van der Waals surface area contributed by atoms with Crippen LogP contribution in [0.3, 0.4) is 0 Å². The van der Waals surface area contributed by atoms with E-state index in [9.17, 15) is 9.59 Å². The zero-order chi connectivity index (χ0) is 22.9. The van der Waals surface area contributed by atoms with Crippen LogP contribution in [0, 0.1) is 5.41 Å². The van der Waals surface area contributed by atoms with Gasteiger partial charge in [0.25, 0.3) is 0 Å². The topological polar surface area (TPSA) is 67.4 Å². The Hall–Kier alpha value is -2.47. The molecule has 0 aliphatic heterocycles. The van der Waals surface area contributed by atoms with E-state index in [1.54, 1.807) is 0 Å². The fourth-order valence-electron chi connectivity index (χ4n) is 2.77. The summed E-state index contributed by atoms with van der Waals surface area (Å²) >= 11 is 1.48. The maximum Gasteiger partial charge on any atom is 0.237 e. The predicted octanol–water partition coefficient (Wildman–Crippen LogP) is 6.36. The molecule has 0 radical (unpaired) electrons. The van der Waals surface area contributed by atoms with Gasteiger partial charge in [-0.05, 0) is 67.3 Å². The second kappa shape index (κ2) is 11.8. The largest absolute Gasteiger partial charge is 0.494 e. The number of carbonyl (C=O) groups excluding carboxylic acids is 2. The van der Waals surface area contributed by atoms with E-state index in [-0.39, 0.29) is 22.5 Å². The number of benzene rings is 2. The van der Waals surface area contributed by atoms with Crippen molar-refractivity contribution in [1.82, 2.24) is 0 Å². The summed E-state index contributed by atoms with van der Waals surface area (Å²) in [6.45, 7) is 10.8. The molecule has 2 N–H and O–H groups in total. The van der Waals surface area contributed by atoms with E-state index in [0.717, 1.165) is 34.9 Å². The number of hydrogen-bond donors (Lipinski definition) is 2. The van der Waals surface area contributed by atoms with Gasteiger partial charge in [-0.15, -0.1) is 11.8 Å². The standard InChI is InChI=1S/C25H34N2O3S/c1-6-7-16-30-21-12-8-20(9-13-21)27-24(29)18(2)31-22-14-10-19(11-15-22)26-23(28)17-25(3,4)5/h8-15,18H,6-7,16-17H2,1-5H3,(H,26,28)(H,27,29). The normalized spacial score (nSPS) is 12.2. The summed E-state index contributed by atoms with van der Waals surface area (Å²) in [7, 11) is 0. The number of unbranched alkanes of at least 4 members (excludes halogenated alkanes) is 1. The third kappa shape index (κ3) is 9.47. The van der Waals surface area contributed by atoms with Crippen molar-refractivity contribution in [2.75, 3.05) is 17.2 Å². The van der Waals surface area contributed by atoms with Crippen molar-refractivity contribution >= 4 is 35.0 Å². The summed E-state index contributed by atoms with van der Waals surface area (Å²) in [6.07, 6.45) is 2.59. The molecule has 6 heteroatoms. The average Bonchev–Trinajstić information content (AvgIpc) is 2.69. The second-order valence-corrected chi connectivity index (χ2v) is 10.2. The molecule has 0 saturated heterocycles. The van der Waals surface area contributed by atoms with Crippen LogP contribution in [0.15, 0.2) is 53.4 Å². The molecule has 0 bridgehead atoms. The van der Waals surface area contributed by atoms with Gasteiger partial charge in [-0.3, -0.25) is 9.59 Å². The lowest BCUT2D eigenvalue weighted by molar-refractivity contribution is -0.118. The van der Waals surface area contributed by atoms with Crippen LogP contribution in [-0.4, -0.2) is 23.7 Å². The van der Waals surface area contributed by atoms with Gasteiger partial charge in [-0.2, -0.15) is 0 Å². The molecule has 1 unspecified atom stereocenters. The molecule has 0 aliphatic rings. The molecule has 0 heterocycles. The average molecular weight is 443 g/mol. The molecule has 31 heavy (non-hydrogen) atoms. The molecule has 2 aromatic rings. The van der Waals surface area contributed by atoms with Crippen LogP contribution in [-0.2, 0) is 9.59 Å². The first-order valence-corrected chi connectivity index (χ1v) is 11.6. The van der Waals surface area contributed by atoms with E-state index in [2.05, 4.69) is 17.6 Å². The van der Waals surface area contributed by atoms with Crippen LogP contribution in [0.5, 0.6) is 5.75 Å². The van der Waals surface area contributed by atoms with E-state index in [0.29, 0.717) is 13.0 Å². The van der Waals surface area contributed by atoms with Gasteiger partial charge in [0.15, 0.2) is 0 Å². The van der Waals surface area contributed by atoms with E-state index in [1.165, 1.54) is 11.8 Å². The van der Waals surface area contributed by atoms with Crippen molar-refractivity contribution in [2.45, 2.75) is 64.0 Å². The van der Waals surface area contributed by atoms with Crippen molar-refractivity contribution in [1.29, 1.82) is 0 Å². The summed E-state index contributed by atoms with van der Waals surface area (Å²) in [5.41, 5.74) is 1.46. The van der Waals surface area contributed by atoms with Crippen LogP contribution in [0.1, 0.15) is 53.9 Å². The molecule has 0 aromatic heterocycles. The highest BCUT2D eigenvalue weighted by atomic mass is 32.2. The van der Waals surface area contributed by atoms with Gasteiger partial charge in [0.1, 0.15) is 5.75 Å². The van der Waals surface area contributed by atoms with Gasteiger partial charge >= 0.3 is 0 Å². The Morgan fingerprint density at radius 1 is 0.968 bits per heavy atom. The molecular formula is C25H34N2O3S. The van der Waals surface area contributed by atoms with Gasteiger partial charge in [0.2, 0.25) is 11.8 Å². The predicted molar refractivity (Wildman–Crippen MR) is 130 cm³/mol. The van der Waals surface area contributed by atoms with Crippen LogP contribution < -0.4 is 15.4 Å². The number of carbonyl (C=O) groups is 2. The third-order valence-corrected chi connectivity index (χ3v) is 5.51. The Kier molecular flexibility index (Phi) is 9.44. The van der Waals surface area contributed by atoms with Gasteiger partial charge in [-0.1, -0.05) is 34.1 Å². The summed E-state index contributed by atoms with van der Waals surface area (Å²) < 4.78 is 5.65. The first-order chi connectivity index (χ1) is 14.7. The Labute approximate surface area is 190 Å². The number of thioether (sulfide) groups is 1. The lowest BCUT2D eigenvalue weighted by Gasteiger charge is -2.17. The molecule has 0 fully saturated rings. The molecule has 168 valence electrons. The molecule has 1 atom stereocenters. The van der Waals surface area contributed by atoms with E-state index in [4.69, 9.17) is 4.74 Å². The van der Waals surface area contributed by atoms with Crippen LogP contribution in [0.2, 0.25) is 0 Å². The van der Waals surface area contributed by atoms with Crippen molar-refractivity contribution in [2.24, 2.45) is 5.41 Å². The fraction of sp³-hybridized carbons (Fsp3) is 0.440. The second-order valence-electron chi connectivity index (χ2n) is 8.79. The first-order valence-electron chi connectivity index (χ1n) is 10.8. The quantitative estimate of drug-likeness (QED) is 0.332. The number of hydrogen-bond acceptors (Lipinski definition) is 4. The number of ether oxygens (including phenoxy) is 1. The molecular weight excluding hydrogens is 408 g/mol. The highest BCUT2D eigenvalue weighted by Gasteiger charge is 2.17. The maximum absolute atomic E-state index is 12.5. The zero-order valence-corrected chi connectivity index (χ0v) is 20.0. The highest BCUT2D eigenvalue weighted by Crippen LogP contribution is 2.26. The van der Waals surface area contributed by atoms with E-state index < -0.39 is 0 Å². The molecule has 5 nitrogen and oxygen atoms in total. The van der Waals surface area contributed by atoms with E-state index in [1.807, 2.05) is 76.2 Å². The smallest absolute Gasteiger partial charge is 0.237 e. The van der Waals surface area contributed by atoms with Crippen molar-refractivity contribution in [3.8, 4) is 5.75 Å². The van der Waals surface area contributed by atoms with E-state index >= 15 is 0 Å². The monoisotopic (exact) mass is 442 g/mol. The minimum absolute atomic E-state index is 0.00225. The van der Waals surface area contributed by atoms with Crippen LogP contribution >= 0.6 is 11.8 Å². The van der Waals surface area contributed by atoms with Gasteiger partial charge in [0.05, 0.1) is 11.9 Å². The highest BCUT2D eigenvalue weighted by molar-refractivity contribution is 8.00. The number of nitrogens with one attached hydrogen (secondary N) is 2. The maximum atomic E-state index is 12.5. The summed E-state index contributed by atoms with van der Waals surface area (Å²) in [4.78, 5) is 25.6. The summed E-state index contributed by atoms with van der Waals surface area (Å²) in [5.74, 6) is 0.748. The number of rotatable bonds is 10. The van der Waals surface area contributed by atoms with Gasteiger partial charge in [0, 0.05) is 22.7 Å². The van der Waals surface area contributed by atoms with Gasteiger partial charge in [-0.25, -0.2) is 0 Å². The van der Waals surface area contributed by atoms with Crippen molar-refractivity contribution in [3.63, 3.8) is 0 Å².